The molecule has 0 atom stereocenters. The van der Waals surface area contributed by atoms with Crippen molar-refractivity contribution in [2.45, 2.75) is 6.61 Å². The molecule has 1 N–H and O–H groups in total. The van der Waals surface area contributed by atoms with Crippen molar-refractivity contribution in [1.82, 2.24) is 4.98 Å². The lowest BCUT2D eigenvalue weighted by atomic mass is 10.1. The first-order chi connectivity index (χ1) is 10.3. The molecule has 0 saturated carbocycles. The highest BCUT2D eigenvalue weighted by atomic mass is 19.1. The number of benzene rings is 1. The number of hydrogen-bond donors (Lipinski definition) is 1. The maximum Gasteiger partial charge on any atom is 0.130 e. The summed E-state index contributed by atoms with van der Waals surface area (Å²) >= 11 is 0. The van der Waals surface area contributed by atoms with Crippen molar-refractivity contribution in [2.24, 2.45) is 0 Å². The number of pyridine rings is 1. The van der Waals surface area contributed by atoms with Gasteiger partial charge in [0.05, 0.1) is 6.61 Å². The number of aliphatic hydroxyl groups is 1. The van der Waals surface area contributed by atoms with Gasteiger partial charge < -0.3 is 14.9 Å². The van der Waals surface area contributed by atoms with Crippen LogP contribution >= 0.6 is 0 Å². The van der Waals surface area contributed by atoms with E-state index in [0.717, 1.165) is 37.7 Å². The van der Waals surface area contributed by atoms with Crippen LogP contribution in [-0.2, 0) is 6.61 Å². The van der Waals surface area contributed by atoms with E-state index in [-0.39, 0.29) is 12.4 Å². The minimum atomic E-state index is -0.345. The largest absolute Gasteiger partial charge is 0.391 e. The van der Waals surface area contributed by atoms with Crippen molar-refractivity contribution in [2.75, 3.05) is 36.0 Å². The topological polar surface area (TPSA) is 39.6 Å². The van der Waals surface area contributed by atoms with E-state index < -0.39 is 0 Å². The van der Waals surface area contributed by atoms with E-state index in [1.165, 1.54) is 6.07 Å². The second kappa shape index (κ2) is 6.10. The van der Waals surface area contributed by atoms with Gasteiger partial charge in [-0.1, -0.05) is 12.1 Å². The Morgan fingerprint density at radius 3 is 2.43 bits per heavy atom. The van der Waals surface area contributed by atoms with E-state index >= 15 is 0 Å². The SMILES string of the molecule is OCc1c(F)cccc1N1CCN(c2ccccn2)CC1. The van der Waals surface area contributed by atoms with Crippen LogP contribution in [0.1, 0.15) is 5.56 Å². The maximum absolute atomic E-state index is 13.7. The number of piperazine rings is 1. The minimum Gasteiger partial charge on any atom is -0.391 e. The van der Waals surface area contributed by atoms with E-state index in [9.17, 15) is 9.50 Å². The molecule has 0 spiro atoms. The molecule has 0 radical (unpaired) electrons. The van der Waals surface area contributed by atoms with Crippen LogP contribution in [0.4, 0.5) is 15.9 Å². The first kappa shape index (κ1) is 13.8. The zero-order valence-electron chi connectivity index (χ0n) is 11.7. The Morgan fingerprint density at radius 2 is 1.76 bits per heavy atom. The molecule has 0 amide bonds. The average molecular weight is 287 g/mol. The summed E-state index contributed by atoms with van der Waals surface area (Å²) in [7, 11) is 0. The first-order valence-electron chi connectivity index (χ1n) is 7.09. The minimum absolute atomic E-state index is 0.275. The number of hydrogen-bond acceptors (Lipinski definition) is 4. The summed E-state index contributed by atoms with van der Waals surface area (Å²) in [5, 5.41) is 9.37. The van der Waals surface area contributed by atoms with Gasteiger partial charge >= 0.3 is 0 Å². The third-order valence-electron chi connectivity index (χ3n) is 3.85. The molecule has 1 fully saturated rings. The van der Waals surface area contributed by atoms with Crippen LogP contribution in [0.3, 0.4) is 0 Å². The smallest absolute Gasteiger partial charge is 0.130 e. The number of rotatable bonds is 3. The Morgan fingerprint density at radius 1 is 1.00 bits per heavy atom. The maximum atomic E-state index is 13.7. The van der Waals surface area contributed by atoms with Gasteiger partial charge in [0.15, 0.2) is 0 Å². The molecule has 0 bridgehead atoms. The fourth-order valence-corrected chi connectivity index (χ4v) is 2.72. The molecule has 0 unspecified atom stereocenters. The molecule has 1 saturated heterocycles. The van der Waals surface area contributed by atoms with Crippen LogP contribution in [-0.4, -0.2) is 36.3 Å². The van der Waals surface area contributed by atoms with Gasteiger partial charge in [0.2, 0.25) is 0 Å². The highest BCUT2D eigenvalue weighted by molar-refractivity contribution is 5.55. The highest BCUT2D eigenvalue weighted by Crippen LogP contribution is 2.25. The fraction of sp³-hybridized carbons (Fsp3) is 0.312. The Labute approximate surface area is 123 Å². The summed E-state index contributed by atoms with van der Waals surface area (Å²) < 4.78 is 13.7. The standard InChI is InChI=1S/C16H18FN3O/c17-14-4-3-5-15(13(14)12-21)19-8-10-20(11-9-19)16-6-1-2-7-18-16/h1-7,21H,8-12H2. The highest BCUT2D eigenvalue weighted by Gasteiger charge is 2.20. The second-order valence-electron chi connectivity index (χ2n) is 5.06. The zero-order valence-corrected chi connectivity index (χ0v) is 11.7. The summed E-state index contributed by atoms with van der Waals surface area (Å²) in [6.07, 6.45) is 1.79. The van der Waals surface area contributed by atoms with Crippen LogP contribution < -0.4 is 9.80 Å². The normalized spacial score (nSPS) is 15.3. The van der Waals surface area contributed by atoms with E-state index in [2.05, 4.69) is 14.8 Å². The average Bonchev–Trinajstić information content (AvgIpc) is 2.55. The molecule has 0 aliphatic carbocycles. The van der Waals surface area contributed by atoms with E-state index in [0.29, 0.717) is 5.56 Å². The molecule has 2 heterocycles. The van der Waals surface area contributed by atoms with Crippen molar-refractivity contribution in [3.63, 3.8) is 0 Å². The summed E-state index contributed by atoms with van der Waals surface area (Å²) in [5.74, 6) is 0.626. The predicted octanol–water partition coefficient (Wildman–Crippen LogP) is 2.04. The summed E-state index contributed by atoms with van der Waals surface area (Å²) in [6.45, 7) is 2.96. The third kappa shape index (κ3) is 2.83. The molecule has 1 aromatic carbocycles. The Bertz CT molecular complexity index is 598. The lowest BCUT2D eigenvalue weighted by Gasteiger charge is -2.37. The summed E-state index contributed by atoms with van der Waals surface area (Å²) in [6, 6.07) is 10.8. The Hall–Kier alpha value is -2.14. The van der Waals surface area contributed by atoms with Crippen LogP contribution in [0.2, 0.25) is 0 Å². The van der Waals surface area contributed by atoms with Gasteiger partial charge in [-0.3, -0.25) is 0 Å². The monoisotopic (exact) mass is 287 g/mol. The van der Waals surface area contributed by atoms with E-state index in [1.54, 1.807) is 12.3 Å². The Kier molecular flexibility index (Phi) is 4.01. The molecular weight excluding hydrogens is 269 g/mol. The predicted molar refractivity (Wildman–Crippen MR) is 81.0 cm³/mol. The first-order valence-corrected chi connectivity index (χ1v) is 7.09. The quantitative estimate of drug-likeness (QED) is 0.938. The molecule has 21 heavy (non-hydrogen) atoms. The lowest BCUT2D eigenvalue weighted by Crippen LogP contribution is -2.47. The van der Waals surface area contributed by atoms with Crippen molar-refractivity contribution >= 4 is 11.5 Å². The molecule has 3 rings (SSSR count). The van der Waals surface area contributed by atoms with Gasteiger partial charge in [0, 0.05) is 43.6 Å². The molecule has 1 aromatic heterocycles. The van der Waals surface area contributed by atoms with Crippen LogP contribution in [0.25, 0.3) is 0 Å². The van der Waals surface area contributed by atoms with Gasteiger partial charge in [-0.15, -0.1) is 0 Å². The molecule has 110 valence electrons. The van der Waals surface area contributed by atoms with E-state index in [1.807, 2.05) is 24.3 Å². The number of nitrogens with zero attached hydrogens (tertiary/aromatic N) is 3. The fourth-order valence-electron chi connectivity index (χ4n) is 2.72. The van der Waals surface area contributed by atoms with Crippen LogP contribution in [0.5, 0.6) is 0 Å². The Balaban J connectivity index is 1.73. The van der Waals surface area contributed by atoms with Crippen molar-refractivity contribution in [3.05, 3.63) is 54.0 Å². The number of anilines is 2. The van der Waals surface area contributed by atoms with Gasteiger partial charge in [-0.05, 0) is 24.3 Å². The number of halogens is 1. The molecule has 5 heteroatoms. The second-order valence-corrected chi connectivity index (χ2v) is 5.06. The van der Waals surface area contributed by atoms with Crippen molar-refractivity contribution in [1.29, 1.82) is 0 Å². The molecule has 2 aromatic rings. The molecule has 4 nitrogen and oxygen atoms in total. The summed E-state index contributed by atoms with van der Waals surface area (Å²) in [5.41, 5.74) is 1.17. The molecule has 1 aliphatic heterocycles. The van der Waals surface area contributed by atoms with Gasteiger partial charge in [0.1, 0.15) is 11.6 Å². The van der Waals surface area contributed by atoms with Crippen LogP contribution in [0.15, 0.2) is 42.6 Å². The van der Waals surface area contributed by atoms with E-state index in [4.69, 9.17) is 0 Å². The van der Waals surface area contributed by atoms with Crippen molar-refractivity contribution < 1.29 is 9.50 Å². The third-order valence-corrected chi connectivity index (χ3v) is 3.85. The lowest BCUT2D eigenvalue weighted by molar-refractivity contribution is 0.276. The molecule has 1 aliphatic rings. The van der Waals surface area contributed by atoms with Crippen LogP contribution in [0, 0.1) is 5.82 Å². The summed E-state index contributed by atoms with van der Waals surface area (Å²) in [4.78, 5) is 8.69. The van der Waals surface area contributed by atoms with Crippen molar-refractivity contribution in [3.8, 4) is 0 Å². The number of aromatic nitrogens is 1. The van der Waals surface area contributed by atoms with Gasteiger partial charge in [-0.25, -0.2) is 9.37 Å². The number of aliphatic hydroxyl groups excluding tert-OH is 1. The zero-order chi connectivity index (χ0) is 14.7. The van der Waals surface area contributed by atoms with Gasteiger partial charge in [-0.2, -0.15) is 0 Å². The molecular formula is C16H18FN3O. The van der Waals surface area contributed by atoms with Gasteiger partial charge in [0.25, 0.3) is 0 Å².